The van der Waals surface area contributed by atoms with Gasteiger partial charge in [0.15, 0.2) is 0 Å². The smallest absolute Gasteiger partial charge is 0.123 e. The molecule has 100 valence electrons. The molecule has 0 aromatic heterocycles. The number of ether oxygens (including phenoxy) is 1. The summed E-state index contributed by atoms with van der Waals surface area (Å²) < 4.78 is 5.46. The van der Waals surface area contributed by atoms with Crippen molar-refractivity contribution in [3.05, 3.63) is 29.8 Å². The molecule has 0 amide bonds. The molecule has 0 aliphatic heterocycles. The van der Waals surface area contributed by atoms with E-state index in [0.29, 0.717) is 0 Å². The van der Waals surface area contributed by atoms with E-state index < -0.39 is 0 Å². The van der Waals surface area contributed by atoms with E-state index in [0.717, 1.165) is 30.4 Å². The maximum absolute atomic E-state index is 6.64. The van der Waals surface area contributed by atoms with Crippen molar-refractivity contribution in [2.24, 2.45) is 17.6 Å². The van der Waals surface area contributed by atoms with Crippen LogP contribution in [0.5, 0.6) is 5.75 Å². The molecule has 1 fully saturated rings. The lowest BCUT2D eigenvalue weighted by atomic mass is 9.70. The molecule has 18 heavy (non-hydrogen) atoms. The molecule has 1 aromatic rings. The van der Waals surface area contributed by atoms with Crippen molar-refractivity contribution < 1.29 is 4.74 Å². The van der Waals surface area contributed by atoms with E-state index in [1.165, 1.54) is 18.4 Å². The molecule has 0 saturated heterocycles. The molecule has 0 bridgehead atoms. The van der Waals surface area contributed by atoms with Crippen molar-refractivity contribution in [2.75, 3.05) is 7.11 Å². The van der Waals surface area contributed by atoms with Crippen molar-refractivity contribution in [2.45, 2.75) is 45.1 Å². The number of methoxy groups -OCH3 is 1. The lowest BCUT2D eigenvalue weighted by Gasteiger charge is -2.39. The summed E-state index contributed by atoms with van der Waals surface area (Å²) in [4.78, 5) is 0. The molecule has 2 N–H and O–H groups in total. The maximum atomic E-state index is 6.64. The van der Waals surface area contributed by atoms with Crippen LogP contribution in [0.3, 0.4) is 0 Å². The monoisotopic (exact) mass is 247 g/mol. The van der Waals surface area contributed by atoms with Crippen molar-refractivity contribution in [1.29, 1.82) is 0 Å². The molecular formula is C16H25NO. The summed E-state index contributed by atoms with van der Waals surface area (Å²) in [5.74, 6) is 2.53. The Morgan fingerprint density at radius 2 is 1.83 bits per heavy atom. The number of hydrogen-bond donors (Lipinski definition) is 1. The Morgan fingerprint density at radius 1 is 1.22 bits per heavy atom. The van der Waals surface area contributed by atoms with Gasteiger partial charge in [0.1, 0.15) is 5.75 Å². The van der Waals surface area contributed by atoms with Gasteiger partial charge in [-0.2, -0.15) is 0 Å². The zero-order valence-corrected chi connectivity index (χ0v) is 11.8. The van der Waals surface area contributed by atoms with Crippen LogP contribution in [0.2, 0.25) is 0 Å². The third-order valence-electron chi connectivity index (χ3n) is 4.51. The van der Waals surface area contributed by atoms with Crippen LogP contribution in [-0.4, -0.2) is 7.11 Å². The van der Waals surface area contributed by atoms with Gasteiger partial charge in [0, 0.05) is 11.1 Å². The quantitative estimate of drug-likeness (QED) is 0.884. The van der Waals surface area contributed by atoms with E-state index in [-0.39, 0.29) is 5.54 Å². The van der Waals surface area contributed by atoms with Gasteiger partial charge in [-0.25, -0.2) is 0 Å². The molecule has 2 nitrogen and oxygen atoms in total. The lowest BCUT2D eigenvalue weighted by molar-refractivity contribution is 0.192. The third-order valence-corrected chi connectivity index (χ3v) is 4.51. The molecular weight excluding hydrogens is 222 g/mol. The zero-order chi connectivity index (χ0) is 13.2. The topological polar surface area (TPSA) is 35.2 Å². The molecule has 0 atom stereocenters. The normalized spacial score (nSPS) is 28.4. The molecule has 2 rings (SSSR count). The molecule has 0 spiro atoms. The Morgan fingerprint density at radius 3 is 2.39 bits per heavy atom. The molecule has 1 saturated carbocycles. The maximum Gasteiger partial charge on any atom is 0.123 e. The van der Waals surface area contributed by atoms with E-state index in [1.54, 1.807) is 7.11 Å². The van der Waals surface area contributed by atoms with E-state index in [1.807, 2.05) is 12.1 Å². The van der Waals surface area contributed by atoms with E-state index in [4.69, 9.17) is 10.5 Å². The Hall–Kier alpha value is -1.02. The fourth-order valence-corrected chi connectivity index (χ4v) is 3.15. The molecule has 0 heterocycles. The fourth-order valence-electron chi connectivity index (χ4n) is 3.15. The van der Waals surface area contributed by atoms with Crippen LogP contribution in [0.1, 0.15) is 45.1 Å². The summed E-state index contributed by atoms with van der Waals surface area (Å²) in [5, 5.41) is 0. The van der Waals surface area contributed by atoms with Gasteiger partial charge in [0.05, 0.1) is 7.11 Å². The number of hydrogen-bond acceptors (Lipinski definition) is 2. The number of rotatable bonds is 3. The van der Waals surface area contributed by atoms with Gasteiger partial charge in [-0.15, -0.1) is 0 Å². The van der Waals surface area contributed by atoms with Crippen molar-refractivity contribution in [3.8, 4) is 5.75 Å². The van der Waals surface area contributed by atoms with Gasteiger partial charge in [-0.05, 0) is 43.6 Å². The van der Waals surface area contributed by atoms with Crippen LogP contribution < -0.4 is 10.5 Å². The molecule has 2 heteroatoms. The summed E-state index contributed by atoms with van der Waals surface area (Å²) in [7, 11) is 1.72. The van der Waals surface area contributed by atoms with Crippen LogP contribution in [-0.2, 0) is 5.54 Å². The number of nitrogens with two attached hydrogens (primary N) is 1. The molecule has 0 unspecified atom stereocenters. The first-order valence-corrected chi connectivity index (χ1v) is 6.99. The first-order chi connectivity index (χ1) is 8.57. The zero-order valence-electron chi connectivity index (χ0n) is 11.8. The molecule has 0 radical (unpaired) electrons. The second-order valence-corrected chi connectivity index (χ2v) is 5.94. The highest BCUT2D eigenvalue weighted by Crippen LogP contribution is 2.42. The SMILES string of the molecule is COc1ccccc1C1(N)CCC(C(C)C)CC1. The Labute approximate surface area is 111 Å². The molecule has 1 aliphatic carbocycles. The fraction of sp³-hybridized carbons (Fsp3) is 0.625. The third kappa shape index (κ3) is 2.54. The largest absolute Gasteiger partial charge is 0.496 e. The number of benzene rings is 1. The van der Waals surface area contributed by atoms with Crippen molar-refractivity contribution >= 4 is 0 Å². The van der Waals surface area contributed by atoms with Crippen LogP contribution in [0.25, 0.3) is 0 Å². The Bertz CT molecular complexity index is 392. The highest BCUT2D eigenvalue weighted by atomic mass is 16.5. The second-order valence-electron chi connectivity index (χ2n) is 5.94. The highest BCUT2D eigenvalue weighted by Gasteiger charge is 2.35. The minimum Gasteiger partial charge on any atom is -0.496 e. The first kappa shape index (κ1) is 13.4. The van der Waals surface area contributed by atoms with Gasteiger partial charge in [-0.1, -0.05) is 32.0 Å². The van der Waals surface area contributed by atoms with E-state index in [9.17, 15) is 0 Å². The van der Waals surface area contributed by atoms with E-state index in [2.05, 4.69) is 26.0 Å². The highest BCUT2D eigenvalue weighted by molar-refractivity contribution is 5.39. The Kier molecular flexibility index (Phi) is 3.96. The predicted octanol–water partition coefficient (Wildman–Crippen LogP) is 3.70. The first-order valence-electron chi connectivity index (χ1n) is 6.99. The standard InChI is InChI=1S/C16H25NO/c1-12(2)13-8-10-16(17,11-9-13)14-6-4-5-7-15(14)18-3/h4-7,12-13H,8-11,17H2,1-3H3. The predicted molar refractivity (Wildman–Crippen MR) is 75.7 cm³/mol. The summed E-state index contributed by atoms with van der Waals surface area (Å²) >= 11 is 0. The van der Waals surface area contributed by atoms with Crippen molar-refractivity contribution in [1.82, 2.24) is 0 Å². The molecule has 1 aromatic carbocycles. The van der Waals surface area contributed by atoms with Crippen molar-refractivity contribution in [3.63, 3.8) is 0 Å². The minimum atomic E-state index is -0.196. The van der Waals surface area contributed by atoms with Crippen LogP contribution in [0, 0.1) is 11.8 Å². The number of para-hydroxylation sites is 1. The summed E-state index contributed by atoms with van der Waals surface area (Å²) in [5.41, 5.74) is 7.62. The van der Waals surface area contributed by atoms with E-state index >= 15 is 0 Å². The van der Waals surface area contributed by atoms with Crippen LogP contribution in [0.15, 0.2) is 24.3 Å². The Balaban J connectivity index is 2.18. The van der Waals surface area contributed by atoms with Gasteiger partial charge in [0.25, 0.3) is 0 Å². The van der Waals surface area contributed by atoms with Gasteiger partial charge >= 0.3 is 0 Å². The summed E-state index contributed by atoms with van der Waals surface area (Å²) in [6.45, 7) is 4.63. The second kappa shape index (κ2) is 5.31. The van der Waals surface area contributed by atoms with Gasteiger partial charge in [-0.3, -0.25) is 0 Å². The average Bonchev–Trinajstić information content (AvgIpc) is 2.39. The lowest BCUT2D eigenvalue weighted by Crippen LogP contribution is -2.41. The molecule has 1 aliphatic rings. The summed E-state index contributed by atoms with van der Waals surface area (Å²) in [6, 6.07) is 8.19. The average molecular weight is 247 g/mol. The minimum absolute atomic E-state index is 0.196. The summed E-state index contributed by atoms with van der Waals surface area (Å²) in [6.07, 6.45) is 4.59. The van der Waals surface area contributed by atoms with Gasteiger partial charge in [0.2, 0.25) is 0 Å². The van der Waals surface area contributed by atoms with Gasteiger partial charge < -0.3 is 10.5 Å². The van der Waals surface area contributed by atoms with Crippen LogP contribution in [0.4, 0.5) is 0 Å². The van der Waals surface area contributed by atoms with Crippen LogP contribution >= 0.6 is 0 Å².